The van der Waals surface area contributed by atoms with E-state index in [1.54, 1.807) is 0 Å². The molecule has 0 bridgehead atoms. The third-order valence-corrected chi connectivity index (χ3v) is 5.68. The molecule has 0 aromatic carbocycles. The second kappa shape index (κ2) is 18.0. The first-order valence-corrected chi connectivity index (χ1v) is 12.3. The fourth-order valence-corrected chi connectivity index (χ4v) is 3.82. The fraction of sp³-hybridized carbons (Fsp3) is 0.864. The number of ether oxygens (including phenoxy) is 1. The number of Topliss-reactive ketones (excluding diaryl/α,β-unsaturated/α-hetero) is 2. The van der Waals surface area contributed by atoms with Crippen molar-refractivity contribution in [3.63, 3.8) is 0 Å². The van der Waals surface area contributed by atoms with Gasteiger partial charge < -0.3 is 16.2 Å². The van der Waals surface area contributed by atoms with Crippen molar-refractivity contribution in [2.24, 2.45) is 17.4 Å². The topological polar surface area (TPSA) is 133 Å². The van der Waals surface area contributed by atoms with E-state index >= 15 is 0 Å². The maximum absolute atomic E-state index is 11.7. The van der Waals surface area contributed by atoms with Gasteiger partial charge in [-0.1, -0.05) is 58.3 Å². The van der Waals surface area contributed by atoms with Crippen LogP contribution in [-0.2, 0) is 39.3 Å². The summed E-state index contributed by atoms with van der Waals surface area (Å²) in [5.74, 6) is -2.50. The van der Waals surface area contributed by atoms with Crippen molar-refractivity contribution in [2.45, 2.75) is 116 Å². The van der Waals surface area contributed by atoms with Crippen molar-refractivity contribution < 1.29 is 43.1 Å². The zero-order chi connectivity index (χ0) is 22.9. The molecular formula is C22H41N2O5Pt. The average Bonchev–Trinajstić information content (AvgIpc) is 2.71. The van der Waals surface area contributed by atoms with Gasteiger partial charge in [-0.2, -0.15) is 0 Å². The molecule has 5 N–H and O–H groups in total. The molecule has 2 aliphatic rings. The Hall–Kier alpha value is -0.622. The van der Waals surface area contributed by atoms with Gasteiger partial charge in [-0.05, 0) is 32.6 Å². The van der Waals surface area contributed by atoms with Crippen LogP contribution < -0.4 is 11.5 Å². The van der Waals surface area contributed by atoms with Crippen molar-refractivity contribution in [3.8, 4) is 0 Å². The van der Waals surface area contributed by atoms with Crippen molar-refractivity contribution >= 4 is 17.5 Å². The van der Waals surface area contributed by atoms with E-state index in [-0.39, 0.29) is 30.4 Å². The van der Waals surface area contributed by atoms with Gasteiger partial charge in [-0.15, -0.1) is 0 Å². The normalized spacial score (nSPS) is 26.0. The van der Waals surface area contributed by atoms with Crippen LogP contribution in [0.25, 0.3) is 0 Å². The first-order chi connectivity index (χ1) is 14.4. The number of nitrogens with two attached hydrogens (primary N) is 2. The second-order valence-electron chi connectivity index (χ2n) is 8.30. The zero-order valence-corrected chi connectivity index (χ0v) is 20.8. The van der Waals surface area contributed by atoms with E-state index in [2.05, 4.69) is 6.92 Å². The average molecular weight is 609 g/mol. The van der Waals surface area contributed by atoms with Crippen LogP contribution in [0.4, 0.5) is 0 Å². The van der Waals surface area contributed by atoms with Gasteiger partial charge >= 0.3 is 29.9 Å². The molecule has 179 valence electrons. The number of rotatable bonds is 9. The van der Waals surface area contributed by atoms with Crippen LogP contribution in [0.5, 0.6) is 0 Å². The third-order valence-electron chi connectivity index (χ3n) is 5.68. The summed E-state index contributed by atoms with van der Waals surface area (Å²) in [4.78, 5) is 34.5. The third kappa shape index (κ3) is 12.3. The Kier molecular flexibility index (Phi) is 17.6. The molecular weight excluding hydrogens is 567 g/mol. The molecule has 30 heavy (non-hydrogen) atoms. The number of carbonyl (C=O) groups excluding carboxylic acids is 3. The number of ketones is 2. The van der Waals surface area contributed by atoms with Gasteiger partial charge in [0.15, 0.2) is 17.5 Å². The minimum absolute atomic E-state index is 0.200. The SMILES string of the molecule is CCCCCCCCCC1CC(=O)C(C(C)=O)C(=O)O1.N[C@@H]1CCCC[C@H]1N.[OH][Pt]. The van der Waals surface area contributed by atoms with Gasteiger partial charge in [-0.3, -0.25) is 14.4 Å². The van der Waals surface area contributed by atoms with E-state index < -0.39 is 17.7 Å². The first-order valence-electron chi connectivity index (χ1n) is 11.3. The number of hydrogen-bond acceptors (Lipinski definition) is 7. The van der Waals surface area contributed by atoms with E-state index in [9.17, 15) is 14.4 Å². The molecule has 0 aromatic rings. The van der Waals surface area contributed by atoms with Crippen LogP contribution in [-0.4, -0.2) is 39.5 Å². The van der Waals surface area contributed by atoms with Crippen LogP contribution in [0.3, 0.4) is 0 Å². The number of cyclic esters (lactones) is 1. The van der Waals surface area contributed by atoms with E-state index in [1.807, 2.05) is 0 Å². The monoisotopic (exact) mass is 608 g/mol. The van der Waals surface area contributed by atoms with Crippen LogP contribution in [0.2, 0.25) is 0 Å². The zero-order valence-electron chi connectivity index (χ0n) is 18.6. The summed E-state index contributed by atoms with van der Waals surface area (Å²) >= 11 is 1.14. The van der Waals surface area contributed by atoms with Gasteiger partial charge in [-0.25, -0.2) is 0 Å². The molecule has 0 amide bonds. The Morgan fingerprint density at radius 3 is 1.93 bits per heavy atom. The maximum atomic E-state index is 11.7. The Morgan fingerprint density at radius 1 is 1.00 bits per heavy atom. The van der Waals surface area contributed by atoms with E-state index in [0.717, 1.165) is 52.3 Å². The molecule has 0 spiro atoms. The van der Waals surface area contributed by atoms with Gasteiger partial charge in [0.05, 0.1) is 0 Å². The summed E-state index contributed by atoms with van der Waals surface area (Å²) in [5, 5.41) is 0. The van der Waals surface area contributed by atoms with Crippen LogP contribution in [0.15, 0.2) is 0 Å². The second-order valence-corrected chi connectivity index (χ2v) is 8.30. The molecule has 1 aliphatic heterocycles. The molecule has 1 heterocycles. The summed E-state index contributed by atoms with van der Waals surface area (Å²) in [6.45, 7) is 3.46. The Labute approximate surface area is 193 Å². The molecule has 1 saturated heterocycles. The van der Waals surface area contributed by atoms with E-state index in [4.69, 9.17) is 20.0 Å². The molecule has 4 atom stereocenters. The number of esters is 1. The Bertz CT molecular complexity index is 476. The van der Waals surface area contributed by atoms with Crippen molar-refractivity contribution in [1.82, 2.24) is 0 Å². The van der Waals surface area contributed by atoms with Crippen LogP contribution >= 0.6 is 0 Å². The predicted molar refractivity (Wildman–Crippen MR) is 113 cm³/mol. The molecule has 0 radical (unpaired) electrons. The molecule has 1 aliphatic carbocycles. The number of unbranched alkanes of at least 4 members (excludes halogenated alkanes) is 6. The molecule has 2 unspecified atom stereocenters. The fourth-order valence-electron chi connectivity index (χ4n) is 3.82. The van der Waals surface area contributed by atoms with E-state index in [0.29, 0.717) is 0 Å². The minimum atomic E-state index is -1.17. The van der Waals surface area contributed by atoms with Crippen LogP contribution in [0.1, 0.15) is 97.3 Å². The molecule has 8 heteroatoms. The molecule has 7 nitrogen and oxygen atoms in total. The number of hydrogen-bond donors (Lipinski definition) is 3. The Morgan fingerprint density at radius 2 is 1.50 bits per heavy atom. The van der Waals surface area contributed by atoms with Crippen molar-refractivity contribution in [3.05, 3.63) is 0 Å². The summed E-state index contributed by atoms with van der Waals surface area (Å²) in [6, 6.07) is 0.562. The van der Waals surface area contributed by atoms with Crippen molar-refractivity contribution in [2.75, 3.05) is 0 Å². The summed E-state index contributed by atoms with van der Waals surface area (Å²) in [5.41, 5.74) is 11.3. The summed E-state index contributed by atoms with van der Waals surface area (Å²) in [6.07, 6.45) is 13.8. The van der Waals surface area contributed by atoms with Gasteiger partial charge in [0.25, 0.3) is 0 Å². The standard InChI is InChI=1S/C16H26O4.C6H14N2.H2O.Pt/c1-3-4-5-6-7-8-9-10-13-11-14(18)15(12(2)17)16(19)20-13;7-5-3-1-2-4-6(5)8;;/h13,15H,3-11H2,1-2H3;5-6H,1-4,7-8H2;1H2;/q;;;+1/p-1/t;5-,6-;;/m.1../s1. The Balaban J connectivity index is 0.000000696. The quantitative estimate of drug-likeness (QED) is 0.208. The van der Waals surface area contributed by atoms with Gasteiger partial charge in [0, 0.05) is 18.5 Å². The first kappa shape index (κ1) is 29.4. The molecule has 2 fully saturated rings. The van der Waals surface area contributed by atoms with E-state index in [1.165, 1.54) is 51.9 Å². The van der Waals surface area contributed by atoms with Gasteiger partial charge in [0.1, 0.15) is 6.10 Å². The van der Waals surface area contributed by atoms with Crippen molar-refractivity contribution in [1.29, 1.82) is 0 Å². The molecule has 1 saturated carbocycles. The molecule has 2 rings (SSSR count). The van der Waals surface area contributed by atoms with Crippen LogP contribution in [0, 0.1) is 5.92 Å². The summed E-state index contributed by atoms with van der Waals surface area (Å²) < 4.78 is 12.2. The molecule has 0 aromatic heterocycles. The number of carbonyl (C=O) groups is 3. The predicted octanol–water partition coefficient (Wildman–Crippen LogP) is 2.87. The van der Waals surface area contributed by atoms with Gasteiger partial charge in [0.2, 0.25) is 0 Å². The summed E-state index contributed by atoms with van der Waals surface area (Å²) in [7, 11) is 0.